The first-order valence-corrected chi connectivity index (χ1v) is 9.82. The molecule has 1 aromatic rings. The van der Waals surface area contributed by atoms with Crippen LogP contribution in [0.15, 0.2) is 12.1 Å². The van der Waals surface area contributed by atoms with Gasteiger partial charge in [0.05, 0.1) is 37.6 Å². The molecule has 0 atom stereocenters. The highest BCUT2D eigenvalue weighted by Crippen LogP contribution is 2.22. The van der Waals surface area contributed by atoms with E-state index in [0.29, 0.717) is 26.1 Å². The third-order valence-corrected chi connectivity index (χ3v) is 3.91. The molecule has 0 heterocycles. The Labute approximate surface area is 185 Å². The maximum Gasteiger partial charge on any atom is 0.336 e. The zero-order chi connectivity index (χ0) is 23.6. The Bertz CT molecular complexity index is 679. The maximum absolute atomic E-state index is 11.8. The summed E-state index contributed by atoms with van der Waals surface area (Å²) in [5.41, 5.74) is -0.217. The second-order valence-corrected chi connectivity index (χ2v) is 6.28. The number of rotatable bonds is 20. The van der Waals surface area contributed by atoms with Gasteiger partial charge in [-0.2, -0.15) is 0 Å². The molecule has 0 aliphatic carbocycles. The lowest BCUT2D eigenvalue weighted by atomic mass is 9.96. The minimum absolute atomic E-state index is 0.00296. The number of hydrogen-bond acceptors (Lipinski definition) is 10. The molecule has 0 spiro atoms. The van der Waals surface area contributed by atoms with Crippen molar-refractivity contribution in [3.63, 3.8) is 0 Å². The number of hydrogen-bond donors (Lipinski definition) is 4. The number of aliphatic hydroxyl groups excluding tert-OH is 2. The number of aromatic carboxylic acids is 2. The molecule has 0 amide bonds. The summed E-state index contributed by atoms with van der Waals surface area (Å²) in [7, 11) is 0. The lowest BCUT2D eigenvalue weighted by Crippen LogP contribution is -2.16. The quantitative estimate of drug-likeness (QED) is 0.159. The fraction of sp³-hybridized carbons (Fsp3) is 0.600. The van der Waals surface area contributed by atoms with Crippen molar-refractivity contribution in [1.29, 1.82) is 0 Å². The van der Waals surface area contributed by atoms with Gasteiger partial charge in [-0.3, -0.25) is 0 Å². The van der Waals surface area contributed by atoms with Crippen LogP contribution in [0.3, 0.4) is 0 Å². The van der Waals surface area contributed by atoms with Crippen molar-refractivity contribution in [3.8, 4) is 0 Å². The van der Waals surface area contributed by atoms with E-state index >= 15 is 0 Å². The Morgan fingerprint density at radius 2 is 1.22 bits per heavy atom. The molecule has 0 saturated carbocycles. The van der Waals surface area contributed by atoms with E-state index in [1.54, 1.807) is 0 Å². The highest BCUT2D eigenvalue weighted by Gasteiger charge is 2.22. The molecule has 0 bridgehead atoms. The van der Waals surface area contributed by atoms with Crippen LogP contribution in [0.1, 0.15) is 44.7 Å². The van der Waals surface area contributed by atoms with E-state index in [1.807, 2.05) is 0 Å². The van der Waals surface area contributed by atoms with Crippen LogP contribution in [0.5, 0.6) is 0 Å². The second-order valence-electron chi connectivity index (χ2n) is 6.28. The van der Waals surface area contributed by atoms with Crippen molar-refractivity contribution in [2.24, 2.45) is 0 Å². The average molecular weight is 462 g/mol. The molecular weight excluding hydrogens is 432 g/mol. The van der Waals surface area contributed by atoms with Gasteiger partial charge in [0.1, 0.15) is 27.2 Å². The van der Waals surface area contributed by atoms with Crippen molar-refractivity contribution in [2.45, 2.75) is 26.1 Å². The van der Waals surface area contributed by atoms with Gasteiger partial charge < -0.3 is 48.8 Å². The van der Waals surface area contributed by atoms with Gasteiger partial charge in [-0.05, 0) is 24.5 Å². The predicted molar refractivity (Wildman–Crippen MR) is 107 cm³/mol. The van der Waals surface area contributed by atoms with E-state index < -0.39 is 11.9 Å². The number of benzene rings is 1. The van der Waals surface area contributed by atoms with Gasteiger partial charge in [-0.15, -0.1) is 0 Å². The van der Waals surface area contributed by atoms with E-state index in [0.717, 1.165) is 0 Å². The molecule has 0 aliphatic rings. The molecule has 32 heavy (non-hydrogen) atoms. The van der Waals surface area contributed by atoms with E-state index in [9.17, 15) is 19.8 Å². The van der Waals surface area contributed by atoms with Crippen LogP contribution >= 0.6 is 0 Å². The van der Waals surface area contributed by atoms with Crippen molar-refractivity contribution in [1.82, 2.24) is 0 Å². The molecule has 1 rings (SSSR count). The first kappa shape index (κ1) is 27.9. The predicted octanol–water partition coefficient (Wildman–Crippen LogP) is 0.777. The number of aliphatic hydroxyl groups is 2. The summed E-state index contributed by atoms with van der Waals surface area (Å²) in [6.07, 6.45) is 0.944. The summed E-state index contributed by atoms with van der Waals surface area (Å²) in [6, 6.07) is 2.64. The summed E-state index contributed by atoms with van der Waals surface area (Å²) in [4.78, 5) is 23.4. The maximum atomic E-state index is 11.8. The van der Waals surface area contributed by atoms with Gasteiger partial charge in [0.15, 0.2) is 0 Å². The monoisotopic (exact) mass is 462 g/mol. The molecule has 1 aromatic carbocycles. The summed E-state index contributed by atoms with van der Waals surface area (Å²) in [5.74, 6) is -2.62. The first-order valence-electron chi connectivity index (χ1n) is 9.82. The zero-order valence-corrected chi connectivity index (χ0v) is 17.7. The zero-order valence-electron chi connectivity index (χ0n) is 17.7. The van der Waals surface area contributed by atoms with Gasteiger partial charge >= 0.3 is 11.9 Å². The Morgan fingerprint density at radius 1 is 0.688 bits per heavy atom. The second kappa shape index (κ2) is 17.4. The number of ether oxygens (including phenoxy) is 6. The Hall–Kier alpha value is -2.16. The molecule has 0 aromatic heterocycles. The van der Waals surface area contributed by atoms with Gasteiger partial charge in [-0.1, -0.05) is 6.07 Å². The molecule has 0 aliphatic heterocycles. The first-order chi connectivity index (χ1) is 15.5. The number of carboxylic acids is 2. The minimum atomic E-state index is -1.33. The minimum Gasteiger partial charge on any atom is -0.478 e. The van der Waals surface area contributed by atoms with E-state index in [2.05, 4.69) is 0 Å². The fourth-order valence-corrected chi connectivity index (χ4v) is 2.48. The van der Waals surface area contributed by atoms with Crippen LogP contribution in [0.25, 0.3) is 0 Å². The molecular formula is C20H30O12. The molecule has 0 fully saturated rings. The van der Waals surface area contributed by atoms with Crippen molar-refractivity contribution in [2.75, 3.05) is 53.6 Å². The van der Waals surface area contributed by atoms with Crippen molar-refractivity contribution < 1.29 is 58.4 Å². The average Bonchev–Trinajstić information content (AvgIpc) is 2.76. The van der Waals surface area contributed by atoms with E-state index in [4.69, 9.17) is 38.6 Å². The van der Waals surface area contributed by atoms with Crippen LogP contribution in [-0.4, -0.2) is 86.0 Å². The molecule has 182 valence electrons. The molecule has 0 radical (unpaired) electrons. The van der Waals surface area contributed by atoms with Crippen molar-refractivity contribution in [3.05, 3.63) is 34.4 Å². The summed E-state index contributed by atoms with van der Waals surface area (Å²) in [6.45, 7) is -0.363. The van der Waals surface area contributed by atoms with Crippen LogP contribution in [-0.2, 0) is 41.6 Å². The van der Waals surface area contributed by atoms with E-state index in [-0.39, 0.29) is 75.9 Å². The van der Waals surface area contributed by atoms with Crippen molar-refractivity contribution >= 4 is 11.9 Å². The van der Waals surface area contributed by atoms with Gasteiger partial charge in [0, 0.05) is 18.8 Å². The third-order valence-electron chi connectivity index (χ3n) is 3.91. The highest BCUT2D eigenvalue weighted by atomic mass is 16.7. The van der Waals surface area contributed by atoms with Gasteiger partial charge in [0.2, 0.25) is 0 Å². The number of carbonyl (C=O) groups is 2. The fourth-order valence-electron chi connectivity index (χ4n) is 2.48. The molecule has 0 saturated heterocycles. The molecule has 12 heteroatoms. The lowest BCUT2D eigenvalue weighted by molar-refractivity contribution is -0.136. The van der Waals surface area contributed by atoms with Gasteiger partial charge in [0.25, 0.3) is 0 Å². The van der Waals surface area contributed by atoms with Crippen LogP contribution < -0.4 is 0 Å². The smallest absolute Gasteiger partial charge is 0.336 e. The third kappa shape index (κ3) is 10.9. The van der Waals surface area contributed by atoms with E-state index in [1.165, 1.54) is 12.1 Å². The van der Waals surface area contributed by atoms with Crippen LogP contribution in [0.2, 0.25) is 0 Å². The largest absolute Gasteiger partial charge is 0.478 e. The Kier molecular flexibility index (Phi) is 15.2. The summed E-state index contributed by atoms with van der Waals surface area (Å²) in [5, 5.41) is 36.4. The SMILES string of the molecule is O=C(O)c1ccc(COCOCOCCCO)c(C(=O)O)c1COCOCOCCCO. The summed E-state index contributed by atoms with van der Waals surface area (Å²) >= 11 is 0. The normalized spacial score (nSPS) is 11.1. The van der Waals surface area contributed by atoms with Crippen LogP contribution in [0.4, 0.5) is 0 Å². The Morgan fingerprint density at radius 3 is 1.72 bits per heavy atom. The summed E-state index contributed by atoms with van der Waals surface area (Å²) < 4.78 is 30.9. The molecule has 0 unspecified atom stereocenters. The topological polar surface area (TPSA) is 170 Å². The Balaban J connectivity index is 2.65. The van der Waals surface area contributed by atoms with Gasteiger partial charge in [-0.25, -0.2) is 9.59 Å². The standard InChI is InChI=1S/C20H30O12/c21-5-1-7-27-11-31-13-29-9-15-3-4-16(19(23)24)17(18(15)20(25)26)10-30-14-32-12-28-8-2-6-22/h3-4,21-22H,1-2,5-14H2,(H,23,24)(H,25,26). The molecule has 4 N–H and O–H groups in total. The lowest BCUT2D eigenvalue weighted by Gasteiger charge is -2.15. The number of carboxylic acid groups (broad SMARTS) is 2. The molecule has 12 nitrogen and oxygen atoms in total. The van der Waals surface area contributed by atoms with Crippen LogP contribution in [0, 0.1) is 0 Å². The highest BCUT2D eigenvalue weighted by molar-refractivity contribution is 5.97.